The van der Waals surface area contributed by atoms with Crippen LogP contribution in [0.4, 0.5) is 14.5 Å². The monoisotopic (exact) mass is 317 g/mol. The zero-order chi connectivity index (χ0) is 15.5. The Morgan fingerprint density at radius 2 is 1.91 bits per heavy atom. The van der Waals surface area contributed by atoms with E-state index in [1.807, 2.05) is 30.3 Å². The zero-order valence-electron chi connectivity index (χ0n) is 11.6. The van der Waals surface area contributed by atoms with Crippen molar-refractivity contribution in [1.82, 2.24) is 5.01 Å². The van der Waals surface area contributed by atoms with Gasteiger partial charge in [-0.15, -0.1) is 0 Å². The van der Waals surface area contributed by atoms with Gasteiger partial charge >= 0.3 is 0 Å². The van der Waals surface area contributed by atoms with Gasteiger partial charge in [0.25, 0.3) is 0 Å². The highest BCUT2D eigenvalue weighted by atomic mass is 32.1. The normalized spacial score (nSPS) is 13.9. The summed E-state index contributed by atoms with van der Waals surface area (Å²) < 4.78 is 26.5. The van der Waals surface area contributed by atoms with E-state index >= 15 is 0 Å². The first kappa shape index (κ1) is 14.6. The van der Waals surface area contributed by atoms with Gasteiger partial charge in [0, 0.05) is 19.0 Å². The topological polar surface area (TPSA) is 27.6 Å². The molecule has 0 spiro atoms. The van der Waals surface area contributed by atoms with E-state index in [4.69, 9.17) is 12.2 Å². The number of thiocarbonyl (C=S) groups is 1. The molecule has 3 nitrogen and oxygen atoms in total. The molecule has 0 aliphatic carbocycles. The molecule has 0 amide bonds. The molecule has 1 aliphatic heterocycles. The van der Waals surface area contributed by atoms with E-state index in [1.165, 1.54) is 12.1 Å². The van der Waals surface area contributed by atoms with Gasteiger partial charge in [-0.2, -0.15) is 5.10 Å². The number of halogens is 2. The second-order valence-corrected chi connectivity index (χ2v) is 5.23. The van der Waals surface area contributed by atoms with E-state index in [0.717, 1.165) is 23.8 Å². The molecule has 0 fully saturated rings. The summed E-state index contributed by atoms with van der Waals surface area (Å²) in [6.45, 7) is 0.624. The number of benzene rings is 2. The van der Waals surface area contributed by atoms with Gasteiger partial charge < -0.3 is 5.32 Å². The van der Waals surface area contributed by atoms with Gasteiger partial charge in [-0.25, -0.2) is 13.8 Å². The summed E-state index contributed by atoms with van der Waals surface area (Å²) in [5, 5.41) is 9.11. The fraction of sp³-hybridized carbons (Fsp3) is 0.125. The van der Waals surface area contributed by atoms with Gasteiger partial charge in [0.15, 0.2) is 5.11 Å². The van der Waals surface area contributed by atoms with Gasteiger partial charge in [0.05, 0.1) is 11.4 Å². The van der Waals surface area contributed by atoms with Crippen molar-refractivity contribution in [2.75, 3.05) is 11.9 Å². The van der Waals surface area contributed by atoms with E-state index in [2.05, 4.69) is 10.4 Å². The summed E-state index contributed by atoms with van der Waals surface area (Å²) in [5.74, 6) is -1.31. The highest BCUT2D eigenvalue weighted by molar-refractivity contribution is 7.80. The molecule has 1 heterocycles. The van der Waals surface area contributed by atoms with Crippen LogP contribution in [0.25, 0.3) is 0 Å². The molecule has 22 heavy (non-hydrogen) atoms. The number of hydrazone groups is 1. The first-order valence-corrected chi connectivity index (χ1v) is 7.21. The van der Waals surface area contributed by atoms with Crippen LogP contribution in [0.3, 0.4) is 0 Å². The molecule has 2 aromatic rings. The van der Waals surface area contributed by atoms with Crippen molar-refractivity contribution in [3.05, 3.63) is 65.7 Å². The summed E-state index contributed by atoms with van der Waals surface area (Å²) in [6, 6.07) is 13.1. The molecule has 112 valence electrons. The summed E-state index contributed by atoms with van der Waals surface area (Å²) in [5.41, 5.74) is 2.11. The van der Waals surface area contributed by atoms with Gasteiger partial charge in [-0.3, -0.25) is 0 Å². The number of nitrogens with one attached hydrogen (secondary N) is 1. The SMILES string of the molecule is Fc1ccc(NC(=S)N2CCC(c3ccccc3)=N2)c(F)c1. The van der Waals surface area contributed by atoms with Crippen LogP contribution in [0.5, 0.6) is 0 Å². The fourth-order valence-corrected chi connectivity index (χ4v) is 2.45. The maximum absolute atomic E-state index is 13.6. The van der Waals surface area contributed by atoms with Gasteiger partial charge in [-0.1, -0.05) is 30.3 Å². The Morgan fingerprint density at radius 3 is 2.64 bits per heavy atom. The van der Waals surface area contributed by atoms with Gasteiger partial charge in [0.2, 0.25) is 0 Å². The van der Waals surface area contributed by atoms with Crippen molar-refractivity contribution >= 4 is 28.7 Å². The van der Waals surface area contributed by atoms with Crippen molar-refractivity contribution in [2.24, 2.45) is 5.10 Å². The third-order valence-corrected chi connectivity index (χ3v) is 3.63. The first-order valence-electron chi connectivity index (χ1n) is 6.80. The minimum atomic E-state index is -0.686. The third-order valence-electron chi connectivity index (χ3n) is 3.32. The Morgan fingerprint density at radius 1 is 1.14 bits per heavy atom. The molecule has 0 atom stereocenters. The Balaban J connectivity index is 1.72. The second kappa shape index (κ2) is 6.19. The van der Waals surface area contributed by atoms with E-state index in [-0.39, 0.29) is 10.8 Å². The fourth-order valence-electron chi connectivity index (χ4n) is 2.21. The molecule has 3 rings (SSSR count). The molecule has 6 heteroatoms. The number of hydrogen-bond acceptors (Lipinski definition) is 2. The number of hydrogen-bond donors (Lipinski definition) is 1. The van der Waals surface area contributed by atoms with Gasteiger partial charge in [-0.05, 0) is 29.9 Å². The maximum Gasteiger partial charge on any atom is 0.194 e. The quantitative estimate of drug-likeness (QED) is 0.855. The average molecular weight is 317 g/mol. The minimum absolute atomic E-state index is 0.134. The number of rotatable bonds is 2. The lowest BCUT2D eigenvalue weighted by molar-refractivity contribution is 0.498. The van der Waals surface area contributed by atoms with Crippen LogP contribution in [0.2, 0.25) is 0 Å². The minimum Gasteiger partial charge on any atom is -0.329 e. The molecule has 0 saturated heterocycles. The summed E-state index contributed by atoms with van der Waals surface area (Å²) in [6.07, 6.45) is 0.762. The van der Waals surface area contributed by atoms with Crippen molar-refractivity contribution in [1.29, 1.82) is 0 Å². The smallest absolute Gasteiger partial charge is 0.194 e. The molecule has 0 unspecified atom stereocenters. The van der Waals surface area contributed by atoms with E-state index < -0.39 is 11.6 Å². The zero-order valence-corrected chi connectivity index (χ0v) is 12.4. The van der Waals surface area contributed by atoms with Crippen LogP contribution in [0.1, 0.15) is 12.0 Å². The Hall–Kier alpha value is -2.34. The molecule has 0 bridgehead atoms. The van der Waals surface area contributed by atoms with E-state index in [1.54, 1.807) is 5.01 Å². The molecule has 0 saturated carbocycles. The molecule has 1 aliphatic rings. The maximum atomic E-state index is 13.6. The van der Waals surface area contributed by atoms with Gasteiger partial charge in [0.1, 0.15) is 11.6 Å². The van der Waals surface area contributed by atoms with Crippen LogP contribution >= 0.6 is 12.2 Å². The summed E-state index contributed by atoms with van der Waals surface area (Å²) >= 11 is 5.24. The highest BCUT2D eigenvalue weighted by Gasteiger charge is 2.19. The predicted octanol–water partition coefficient (Wildman–Crippen LogP) is 3.77. The lowest BCUT2D eigenvalue weighted by Crippen LogP contribution is -2.28. The third kappa shape index (κ3) is 3.12. The van der Waals surface area contributed by atoms with Crippen molar-refractivity contribution in [3.8, 4) is 0 Å². The largest absolute Gasteiger partial charge is 0.329 e. The van der Waals surface area contributed by atoms with E-state index in [9.17, 15) is 8.78 Å². The lowest BCUT2D eigenvalue weighted by Gasteiger charge is -2.16. The number of nitrogens with zero attached hydrogens (tertiary/aromatic N) is 2. The second-order valence-electron chi connectivity index (χ2n) is 4.84. The molecular formula is C16H13F2N3S. The number of anilines is 1. The van der Waals surface area contributed by atoms with E-state index in [0.29, 0.717) is 6.54 Å². The van der Waals surface area contributed by atoms with Crippen molar-refractivity contribution < 1.29 is 8.78 Å². The van der Waals surface area contributed by atoms with Crippen LogP contribution in [-0.2, 0) is 0 Å². The Labute approximate surface area is 132 Å². The van der Waals surface area contributed by atoms with Crippen LogP contribution < -0.4 is 5.32 Å². The Bertz CT molecular complexity index is 731. The molecule has 2 aromatic carbocycles. The molecule has 0 radical (unpaired) electrons. The average Bonchev–Trinajstić information content (AvgIpc) is 3.01. The van der Waals surface area contributed by atoms with Crippen LogP contribution in [0, 0.1) is 11.6 Å². The molecule has 0 aromatic heterocycles. The summed E-state index contributed by atoms with van der Waals surface area (Å²) in [7, 11) is 0. The lowest BCUT2D eigenvalue weighted by atomic mass is 10.1. The first-order chi connectivity index (χ1) is 10.6. The Kier molecular flexibility index (Phi) is 4.11. The van der Waals surface area contributed by atoms with Crippen molar-refractivity contribution in [2.45, 2.75) is 6.42 Å². The van der Waals surface area contributed by atoms with Crippen molar-refractivity contribution in [3.63, 3.8) is 0 Å². The standard InChI is InChI=1S/C16H13F2N3S/c17-12-6-7-15(13(18)10-12)19-16(22)21-9-8-14(20-21)11-4-2-1-3-5-11/h1-7,10H,8-9H2,(H,19,22). The molecular weight excluding hydrogens is 304 g/mol. The molecule has 1 N–H and O–H groups in total. The highest BCUT2D eigenvalue weighted by Crippen LogP contribution is 2.18. The van der Waals surface area contributed by atoms with Crippen LogP contribution in [-0.4, -0.2) is 22.4 Å². The summed E-state index contributed by atoms with van der Waals surface area (Å²) in [4.78, 5) is 0. The van der Waals surface area contributed by atoms with Crippen LogP contribution in [0.15, 0.2) is 53.6 Å². The predicted molar refractivity (Wildman–Crippen MR) is 86.9 cm³/mol.